The van der Waals surface area contributed by atoms with E-state index in [0.717, 1.165) is 0 Å². The van der Waals surface area contributed by atoms with Gasteiger partial charge in [-0.15, -0.1) is 5.73 Å². The summed E-state index contributed by atoms with van der Waals surface area (Å²) in [5, 5.41) is 10.0. The van der Waals surface area contributed by atoms with Crippen LogP contribution in [0.3, 0.4) is 0 Å². The molecule has 1 aromatic carbocycles. The number of aliphatic hydroxyl groups is 1. The lowest BCUT2D eigenvalue weighted by Crippen LogP contribution is -2.31. The van der Waals surface area contributed by atoms with Crippen molar-refractivity contribution in [2.24, 2.45) is 0 Å². The molecule has 4 heteroatoms. The van der Waals surface area contributed by atoms with Gasteiger partial charge in [0.15, 0.2) is 0 Å². The van der Waals surface area contributed by atoms with Crippen LogP contribution >= 0.6 is 0 Å². The molecule has 4 nitrogen and oxygen atoms in total. The molecule has 0 spiro atoms. The van der Waals surface area contributed by atoms with Gasteiger partial charge in [0, 0.05) is 12.1 Å². The third-order valence-electron chi connectivity index (χ3n) is 3.96. The third kappa shape index (κ3) is 1.90. The zero-order chi connectivity index (χ0) is 14.3. The van der Waals surface area contributed by atoms with Crippen LogP contribution in [0.15, 0.2) is 42.1 Å². The van der Waals surface area contributed by atoms with E-state index in [9.17, 15) is 14.7 Å². The van der Waals surface area contributed by atoms with E-state index in [2.05, 4.69) is 12.3 Å². The molecule has 1 heterocycles. The Bertz CT molecular complexity index is 616. The van der Waals surface area contributed by atoms with Crippen LogP contribution in [-0.2, 0) is 0 Å². The van der Waals surface area contributed by atoms with Crippen molar-refractivity contribution < 1.29 is 14.7 Å². The fraction of sp³-hybridized carbons (Fsp3) is 0.312. The highest BCUT2D eigenvalue weighted by atomic mass is 16.3. The van der Waals surface area contributed by atoms with Gasteiger partial charge in [-0.25, -0.2) is 0 Å². The standard InChI is InChI=1S/C16H15NO3/c1-2-11(16(20)8-9-16)7-10-17-14(18)12-5-3-4-6-13(12)15(17)19/h3-6,20H,1,7-10H2. The predicted octanol–water partition coefficient (Wildman–Crippen LogP) is 1.91. The Morgan fingerprint density at radius 2 is 1.80 bits per heavy atom. The Balaban J connectivity index is 1.76. The molecule has 0 radical (unpaired) electrons. The van der Waals surface area contributed by atoms with Gasteiger partial charge in [0.2, 0.25) is 0 Å². The summed E-state index contributed by atoms with van der Waals surface area (Å²) in [5.74, 6) is -0.534. The van der Waals surface area contributed by atoms with Crippen molar-refractivity contribution in [3.8, 4) is 0 Å². The number of carbonyl (C=O) groups excluding carboxylic acids is 2. The summed E-state index contributed by atoms with van der Waals surface area (Å²) >= 11 is 0. The monoisotopic (exact) mass is 269 g/mol. The molecule has 0 bridgehead atoms. The van der Waals surface area contributed by atoms with Gasteiger partial charge in [0.05, 0.1) is 16.7 Å². The molecule has 1 aromatic rings. The minimum atomic E-state index is -0.805. The van der Waals surface area contributed by atoms with Gasteiger partial charge in [0.1, 0.15) is 0 Å². The van der Waals surface area contributed by atoms with Crippen molar-refractivity contribution >= 4 is 11.8 Å². The molecule has 0 atom stereocenters. The summed E-state index contributed by atoms with van der Waals surface area (Å²) in [5.41, 5.74) is 3.53. The molecule has 2 amide bonds. The zero-order valence-corrected chi connectivity index (χ0v) is 11.1. The normalized spacial score (nSPS) is 18.8. The van der Waals surface area contributed by atoms with Gasteiger partial charge in [-0.05, 0) is 31.4 Å². The first-order chi connectivity index (χ1) is 9.57. The molecule has 1 N–H and O–H groups in total. The largest absolute Gasteiger partial charge is 0.385 e. The Morgan fingerprint density at radius 3 is 2.25 bits per heavy atom. The zero-order valence-electron chi connectivity index (χ0n) is 11.1. The Labute approximate surface area is 117 Å². The van der Waals surface area contributed by atoms with Gasteiger partial charge >= 0.3 is 0 Å². The first kappa shape index (κ1) is 12.9. The lowest BCUT2D eigenvalue weighted by molar-refractivity contribution is 0.0651. The van der Waals surface area contributed by atoms with Crippen molar-refractivity contribution in [1.82, 2.24) is 4.90 Å². The number of benzene rings is 1. The number of rotatable bonds is 4. The van der Waals surface area contributed by atoms with Gasteiger partial charge in [-0.2, -0.15) is 0 Å². The average Bonchev–Trinajstić information content (AvgIpc) is 3.15. The van der Waals surface area contributed by atoms with Crippen LogP contribution in [-0.4, -0.2) is 34.0 Å². The van der Waals surface area contributed by atoms with Gasteiger partial charge in [-0.1, -0.05) is 18.7 Å². The summed E-state index contributed by atoms with van der Waals surface area (Å²) < 4.78 is 0. The number of carbonyl (C=O) groups is 2. The molecule has 1 aliphatic heterocycles. The Kier molecular flexibility index (Phi) is 2.85. The van der Waals surface area contributed by atoms with Crippen LogP contribution in [0.4, 0.5) is 0 Å². The van der Waals surface area contributed by atoms with Crippen LogP contribution in [0.2, 0.25) is 0 Å². The molecule has 3 rings (SSSR count). The van der Waals surface area contributed by atoms with Gasteiger partial charge in [0.25, 0.3) is 11.8 Å². The maximum Gasteiger partial charge on any atom is 0.261 e. The molecule has 0 unspecified atom stereocenters. The molecule has 1 fully saturated rings. The van der Waals surface area contributed by atoms with Crippen LogP contribution in [0.5, 0.6) is 0 Å². The summed E-state index contributed by atoms with van der Waals surface area (Å²) in [6, 6.07) is 6.81. The van der Waals surface area contributed by atoms with E-state index in [1.54, 1.807) is 24.3 Å². The van der Waals surface area contributed by atoms with E-state index in [1.807, 2.05) is 0 Å². The quantitative estimate of drug-likeness (QED) is 0.671. The second kappa shape index (κ2) is 4.44. The molecule has 1 saturated carbocycles. The second-order valence-corrected chi connectivity index (χ2v) is 5.24. The average molecular weight is 269 g/mol. The molecule has 2 aliphatic rings. The number of amides is 2. The van der Waals surface area contributed by atoms with Crippen LogP contribution in [0.25, 0.3) is 0 Å². The minimum absolute atomic E-state index is 0.256. The molecule has 0 aromatic heterocycles. The first-order valence-corrected chi connectivity index (χ1v) is 6.64. The van der Waals surface area contributed by atoms with Gasteiger partial charge < -0.3 is 5.11 Å². The lowest BCUT2D eigenvalue weighted by atomic mass is 10.1. The number of imide groups is 1. The van der Waals surface area contributed by atoms with E-state index in [4.69, 9.17) is 0 Å². The van der Waals surface area contributed by atoms with Crippen LogP contribution < -0.4 is 0 Å². The van der Waals surface area contributed by atoms with E-state index >= 15 is 0 Å². The summed E-state index contributed by atoms with van der Waals surface area (Å²) in [6.45, 7) is 3.84. The summed E-state index contributed by atoms with van der Waals surface area (Å²) in [7, 11) is 0. The third-order valence-corrected chi connectivity index (χ3v) is 3.96. The highest BCUT2D eigenvalue weighted by Gasteiger charge is 2.44. The SMILES string of the molecule is C=C=C(CCN1C(=O)c2ccccc2C1=O)C1(O)CC1. The minimum Gasteiger partial charge on any atom is -0.385 e. The lowest BCUT2D eigenvalue weighted by Gasteiger charge is -2.16. The number of fused-ring (bicyclic) bond motifs is 1. The maximum atomic E-state index is 12.2. The topological polar surface area (TPSA) is 57.6 Å². The van der Waals surface area contributed by atoms with E-state index in [0.29, 0.717) is 36.0 Å². The Morgan fingerprint density at radius 1 is 1.25 bits per heavy atom. The second-order valence-electron chi connectivity index (χ2n) is 5.24. The van der Waals surface area contributed by atoms with E-state index in [1.165, 1.54) is 4.90 Å². The van der Waals surface area contributed by atoms with Gasteiger partial charge in [-0.3, -0.25) is 14.5 Å². The van der Waals surface area contributed by atoms with Crippen LogP contribution in [0, 0.1) is 0 Å². The maximum absolute atomic E-state index is 12.2. The molecular weight excluding hydrogens is 254 g/mol. The predicted molar refractivity (Wildman–Crippen MR) is 73.3 cm³/mol. The van der Waals surface area contributed by atoms with Crippen molar-refractivity contribution in [2.45, 2.75) is 24.9 Å². The fourth-order valence-electron chi connectivity index (χ4n) is 2.57. The Hall–Kier alpha value is -2.16. The summed E-state index contributed by atoms with van der Waals surface area (Å²) in [6.07, 6.45) is 1.82. The van der Waals surface area contributed by atoms with Crippen molar-refractivity contribution in [1.29, 1.82) is 0 Å². The molecule has 102 valence electrons. The van der Waals surface area contributed by atoms with Crippen molar-refractivity contribution in [3.63, 3.8) is 0 Å². The van der Waals surface area contributed by atoms with Crippen molar-refractivity contribution in [2.75, 3.05) is 6.54 Å². The highest BCUT2D eigenvalue weighted by Crippen LogP contribution is 2.43. The highest BCUT2D eigenvalue weighted by molar-refractivity contribution is 6.21. The molecular formula is C16H15NO3. The number of hydrogen-bond donors (Lipinski definition) is 1. The molecule has 20 heavy (non-hydrogen) atoms. The first-order valence-electron chi connectivity index (χ1n) is 6.64. The summed E-state index contributed by atoms with van der Waals surface area (Å²) in [4.78, 5) is 25.6. The van der Waals surface area contributed by atoms with Crippen molar-refractivity contribution in [3.05, 3.63) is 53.3 Å². The molecule has 1 aliphatic carbocycles. The number of nitrogens with zero attached hydrogens (tertiary/aromatic N) is 1. The number of hydrogen-bond acceptors (Lipinski definition) is 3. The molecule has 0 saturated heterocycles. The van der Waals surface area contributed by atoms with E-state index < -0.39 is 5.60 Å². The van der Waals surface area contributed by atoms with E-state index in [-0.39, 0.29) is 18.4 Å². The fourth-order valence-corrected chi connectivity index (χ4v) is 2.57. The van der Waals surface area contributed by atoms with Crippen LogP contribution in [0.1, 0.15) is 40.0 Å². The smallest absolute Gasteiger partial charge is 0.261 e.